The number of amides is 1. The fourth-order valence-corrected chi connectivity index (χ4v) is 1.85. The summed E-state index contributed by atoms with van der Waals surface area (Å²) in [4.78, 5) is 34.7. The summed E-state index contributed by atoms with van der Waals surface area (Å²) in [5.74, 6) is -1.57. The second kappa shape index (κ2) is 6.17. The van der Waals surface area contributed by atoms with Crippen LogP contribution in [-0.4, -0.2) is 28.1 Å². The summed E-state index contributed by atoms with van der Waals surface area (Å²) < 4.78 is 1.18. The molecule has 1 rings (SSSR count). The number of pyridine rings is 1. The highest BCUT2D eigenvalue weighted by atomic mass is 16.4. The summed E-state index contributed by atoms with van der Waals surface area (Å²) in [6, 6.07) is 1.60. The molecule has 0 bridgehead atoms. The van der Waals surface area contributed by atoms with E-state index in [2.05, 4.69) is 5.32 Å². The third kappa shape index (κ3) is 3.43. The molecule has 0 aromatic carbocycles. The van der Waals surface area contributed by atoms with Crippen molar-refractivity contribution in [2.24, 2.45) is 0 Å². The molecule has 0 aliphatic rings. The van der Waals surface area contributed by atoms with E-state index in [1.807, 2.05) is 6.92 Å². The number of carboxylic acids is 1. The second-order valence-electron chi connectivity index (χ2n) is 4.39. The summed E-state index contributed by atoms with van der Waals surface area (Å²) in [7, 11) is 0. The zero-order valence-corrected chi connectivity index (χ0v) is 11.3. The van der Waals surface area contributed by atoms with Crippen molar-refractivity contribution in [1.29, 1.82) is 0 Å². The summed E-state index contributed by atoms with van der Waals surface area (Å²) >= 11 is 0. The van der Waals surface area contributed by atoms with E-state index in [-0.39, 0.29) is 18.0 Å². The average Bonchev–Trinajstić information content (AvgIpc) is 2.31. The minimum absolute atomic E-state index is 0.161. The number of aromatic nitrogens is 1. The van der Waals surface area contributed by atoms with Gasteiger partial charge in [-0.25, -0.2) is 4.79 Å². The molecule has 19 heavy (non-hydrogen) atoms. The molecule has 0 radical (unpaired) electrons. The van der Waals surface area contributed by atoms with Gasteiger partial charge in [-0.3, -0.25) is 9.59 Å². The van der Waals surface area contributed by atoms with Crippen LogP contribution in [0.4, 0.5) is 0 Å². The van der Waals surface area contributed by atoms with Gasteiger partial charge in [0.15, 0.2) is 0 Å². The van der Waals surface area contributed by atoms with E-state index in [1.165, 1.54) is 4.57 Å². The fraction of sp³-hybridized carbons (Fsp3) is 0.462. The van der Waals surface area contributed by atoms with Gasteiger partial charge in [-0.05, 0) is 31.9 Å². The lowest BCUT2D eigenvalue weighted by atomic mass is 10.1. The van der Waals surface area contributed by atoms with Crippen molar-refractivity contribution in [3.63, 3.8) is 0 Å². The first-order valence-corrected chi connectivity index (χ1v) is 6.09. The van der Waals surface area contributed by atoms with Gasteiger partial charge in [-0.2, -0.15) is 0 Å². The molecule has 1 aromatic heterocycles. The predicted octanol–water partition coefficient (Wildman–Crippen LogP) is 0.690. The van der Waals surface area contributed by atoms with Gasteiger partial charge in [-0.1, -0.05) is 6.92 Å². The van der Waals surface area contributed by atoms with E-state index >= 15 is 0 Å². The number of nitrogens with one attached hydrogen (secondary N) is 1. The predicted molar refractivity (Wildman–Crippen MR) is 70.4 cm³/mol. The highest BCUT2D eigenvalue weighted by Crippen LogP contribution is 2.06. The van der Waals surface area contributed by atoms with Crippen LogP contribution < -0.4 is 10.9 Å². The molecule has 0 unspecified atom stereocenters. The summed E-state index contributed by atoms with van der Waals surface area (Å²) in [5, 5.41) is 11.7. The molecule has 104 valence electrons. The molecule has 0 saturated heterocycles. The summed E-state index contributed by atoms with van der Waals surface area (Å²) in [5.41, 5.74) is 0.0462. The molecule has 0 fully saturated rings. The van der Waals surface area contributed by atoms with E-state index in [9.17, 15) is 14.4 Å². The van der Waals surface area contributed by atoms with E-state index in [4.69, 9.17) is 5.11 Å². The minimum atomic E-state index is -1.27. The van der Waals surface area contributed by atoms with Crippen molar-refractivity contribution in [2.45, 2.75) is 33.7 Å². The lowest BCUT2D eigenvalue weighted by molar-refractivity contribution is -0.121. The topological polar surface area (TPSA) is 88.4 Å². The Labute approximate surface area is 111 Å². The Morgan fingerprint density at radius 1 is 1.37 bits per heavy atom. The van der Waals surface area contributed by atoms with Gasteiger partial charge in [0.1, 0.15) is 12.1 Å². The number of aromatic carboxylic acids is 1. The highest BCUT2D eigenvalue weighted by molar-refractivity contribution is 5.89. The van der Waals surface area contributed by atoms with Crippen molar-refractivity contribution in [2.75, 3.05) is 6.54 Å². The van der Waals surface area contributed by atoms with Gasteiger partial charge in [0.25, 0.3) is 5.56 Å². The number of aryl methyl sites for hydroxylation is 2. The van der Waals surface area contributed by atoms with Crippen LogP contribution in [-0.2, 0) is 11.3 Å². The quantitative estimate of drug-likeness (QED) is 0.820. The van der Waals surface area contributed by atoms with Crippen molar-refractivity contribution in [1.82, 2.24) is 9.88 Å². The standard InChI is InChI=1S/C13H18N2O4/c1-4-5-14-10(16)7-15-9(3)6-8(2)11(12(15)17)13(18)19/h6H,4-5,7H2,1-3H3,(H,14,16)(H,18,19). The van der Waals surface area contributed by atoms with Gasteiger partial charge >= 0.3 is 5.97 Å². The molecule has 0 atom stereocenters. The van der Waals surface area contributed by atoms with Gasteiger partial charge < -0.3 is 15.0 Å². The van der Waals surface area contributed by atoms with Gasteiger partial charge in [0, 0.05) is 12.2 Å². The van der Waals surface area contributed by atoms with Crippen LogP contribution in [0.15, 0.2) is 10.9 Å². The smallest absolute Gasteiger partial charge is 0.341 e. The van der Waals surface area contributed by atoms with Crippen LogP contribution in [0.25, 0.3) is 0 Å². The monoisotopic (exact) mass is 266 g/mol. The lowest BCUT2D eigenvalue weighted by Gasteiger charge is -2.12. The zero-order chi connectivity index (χ0) is 14.6. The molecule has 0 saturated carbocycles. The first-order chi connectivity index (χ1) is 8.88. The number of rotatable bonds is 5. The molecule has 6 nitrogen and oxygen atoms in total. The Balaban J connectivity index is 3.15. The van der Waals surface area contributed by atoms with Gasteiger partial charge in [-0.15, -0.1) is 0 Å². The van der Waals surface area contributed by atoms with Crippen LogP contribution in [0.5, 0.6) is 0 Å². The molecule has 0 spiro atoms. The van der Waals surface area contributed by atoms with E-state index in [1.54, 1.807) is 19.9 Å². The van der Waals surface area contributed by atoms with Crippen LogP contribution in [0.1, 0.15) is 35.0 Å². The Morgan fingerprint density at radius 3 is 2.53 bits per heavy atom. The Hall–Kier alpha value is -2.11. The number of hydrogen-bond donors (Lipinski definition) is 2. The van der Waals surface area contributed by atoms with Crippen LogP contribution in [0.3, 0.4) is 0 Å². The van der Waals surface area contributed by atoms with Gasteiger partial charge in [0.05, 0.1) is 0 Å². The third-order valence-corrected chi connectivity index (χ3v) is 2.79. The molecule has 6 heteroatoms. The Morgan fingerprint density at radius 2 is 2.00 bits per heavy atom. The molecule has 1 heterocycles. The Kier molecular flexibility index (Phi) is 4.86. The molecule has 1 aromatic rings. The number of carbonyl (C=O) groups is 2. The van der Waals surface area contributed by atoms with Crippen molar-refractivity contribution in [3.8, 4) is 0 Å². The van der Waals surface area contributed by atoms with E-state index in [0.717, 1.165) is 6.42 Å². The van der Waals surface area contributed by atoms with Crippen molar-refractivity contribution in [3.05, 3.63) is 33.2 Å². The SMILES string of the molecule is CCCNC(=O)Cn1c(C)cc(C)c(C(=O)O)c1=O. The van der Waals surface area contributed by atoms with E-state index in [0.29, 0.717) is 17.8 Å². The Bertz CT molecular complexity index is 560. The van der Waals surface area contributed by atoms with Crippen LogP contribution >= 0.6 is 0 Å². The van der Waals surface area contributed by atoms with Crippen molar-refractivity contribution < 1.29 is 14.7 Å². The third-order valence-electron chi connectivity index (χ3n) is 2.79. The number of carbonyl (C=O) groups excluding carboxylic acids is 1. The summed E-state index contributed by atoms with van der Waals surface area (Å²) in [6.45, 7) is 5.54. The molecular formula is C13H18N2O4. The number of carboxylic acid groups (broad SMARTS) is 1. The fourth-order valence-electron chi connectivity index (χ4n) is 1.85. The highest BCUT2D eigenvalue weighted by Gasteiger charge is 2.17. The molecule has 0 aliphatic carbocycles. The lowest BCUT2D eigenvalue weighted by Crippen LogP contribution is -2.36. The normalized spacial score (nSPS) is 10.3. The maximum absolute atomic E-state index is 12.1. The number of hydrogen-bond acceptors (Lipinski definition) is 3. The maximum Gasteiger partial charge on any atom is 0.341 e. The van der Waals surface area contributed by atoms with Crippen LogP contribution in [0, 0.1) is 13.8 Å². The maximum atomic E-state index is 12.1. The van der Waals surface area contributed by atoms with Crippen molar-refractivity contribution >= 4 is 11.9 Å². The van der Waals surface area contributed by atoms with E-state index < -0.39 is 11.5 Å². The van der Waals surface area contributed by atoms with Crippen LogP contribution in [0.2, 0.25) is 0 Å². The minimum Gasteiger partial charge on any atom is -0.477 e. The number of nitrogens with zero attached hydrogens (tertiary/aromatic N) is 1. The molecule has 0 aliphatic heterocycles. The summed E-state index contributed by atoms with van der Waals surface area (Å²) in [6.07, 6.45) is 0.799. The average molecular weight is 266 g/mol. The second-order valence-corrected chi connectivity index (χ2v) is 4.39. The molecule has 2 N–H and O–H groups in total. The zero-order valence-electron chi connectivity index (χ0n) is 11.3. The first-order valence-electron chi connectivity index (χ1n) is 6.09. The van der Waals surface area contributed by atoms with Gasteiger partial charge in [0.2, 0.25) is 5.91 Å². The molecule has 1 amide bonds. The largest absolute Gasteiger partial charge is 0.477 e. The first kappa shape index (κ1) is 14.9. The molecular weight excluding hydrogens is 248 g/mol.